The first kappa shape index (κ1) is 10.2. The van der Waals surface area contributed by atoms with E-state index in [-0.39, 0.29) is 7.33 Å². The summed E-state index contributed by atoms with van der Waals surface area (Å²) >= 11 is 0. The molecule has 0 radical (unpaired) electrons. The Morgan fingerprint density at radius 1 is 1.64 bits per heavy atom. The quantitative estimate of drug-likeness (QED) is 0.621. The maximum Gasteiger partial charge on any atom is 0.246 e. The van der Waals surface area contributed by atoms with Gasteiger partial charge in [-0.25, -0.2) is 0 Å². The Bertz CT molecular complexity index is 155. The lowest BCUT2D eigenvalue weighted by atomic mass is 10.1. The molecular formula is C9H19NO. The molecule has 0 saturated carbocycles. The fraction of sp³-hybridized carbons (Fsp3) is 0.667. The molecule has 0 saturated heterocycles. The predicted molar refractivity (Wildman–Crippen MR) is 49.4 cm³/mol. The first-order chi connectivity index (χ1) is 5.04. The highest BCUT2D eigenvalue weighted by Gasteiger charge is 2.00. The molecule has 0 aromatic heterocycles. The largest absolute Gasteiger partial charge is 0.352 e. The van der Waals surface area contributed by atoms with Crippen molar-refractivity contribution in [2.75, 3.05) is 6.54 Å². The zero-order valence-electron chi connectivity index (χ0n) is 7.61. The van der Waals surface area contributed by atoms with Crippen LogP contribution in [0.3, 0.4) is 0 Å². The van der Waals surface area contributed by atoms with E-state index < -0.39 is 0 Å². The lowest BCUT2D eigenvalue weighted by molar-refractivity contribution is -0.117. The van der Waals surface area contributed by atoms with Crippen LogP contribution in [0.15, 0.2) is 12.2 Å². The Balaban J connectivity index is 0. The topological polar surface area (TPSA) is 29.1 Å². The Morgan fingerprint density at radius 3 is 2.55 bits per heavy atom. The van der Waals surface area contributed by atoms with Gasteiger partial charge < -0.3 is 5.32 Å². The smallest absolute Gasteiger partial charge is 0.246 e. The Labute approximate surface area is 70.2 Å². The van der Waals surface area contributed by atoms with Gasteiger partial charge in [-0.2, -0.15) is 0 Å². The van der Waals surface area contributed by atoms with Crippen LogP contribution in [0, 0.1) is 5.92 Å². The van der Waals surface area contributed by atoms with Crippen molar-refractivity contribution in [1.29, 1.82) is 0 Å². The average molecular weight is 157 g/mol. The Morgan fingerprint density at radius 2 is 2.18 bits per heavy atom. The molecule has 0 rings (SSSR count). The molecule has 66 valence electrons. The van der Waals surface area contributed by atoms with E-state index in [0.717, 1.165) is 13.0 Å². The molecule has 0 unspecified atom stereocenters. The van der Waals surface area contributed by atoms with Crippen LogP contribution in [-0.2, 0) is 4.79 Å². The predicted octanol–water partition coefficient (Wildman–Crippen LogP) is 1.97. The molecule has 1 N–H and O–H groups in total. The SMILES string of the molecule is C=C(C)C(=O)NCCC(C)C.[HH]. The minimum atomic E-state index is -0.0364. The van der Waals surface area contributed by atoms with Crippen molar-refractivity contribution in [1.82, 2.24) is 5.32 Å². The van der Waals surface area contributed by atoms with Gasteiger partial charge in [-0.15, -0.1) is 0 Å². The van der Waals surface area contributed by atoms with Crippen LogP contribution in [0.2, 0.25) is 0 Å². The van der Waals surface area contributed by atoms with E-state index >= 15 is 0 Å². The van der Waals surface area contributed by atoms with Gasteiger partial charge in [0.15, 0.2) is 0 Å². The monoisotopic (exact) mass is 157 g/mol. The molecule has 11 heavy (non-hydrogen) atoms. The number of nitrogens with one attached hydrogen (secondary N) is 1. The van der Waals surface area contributed by atoms with Gasteiger partial charge in [-0.05, 0) is 19.3 Å². The first-order valence-electron chi connectivity index (χ1n) is 3.97. The van der Waals surface area contributed by atoms with E-state index in [1.807, 2.05) is 0 Å². The third-order valence-electron chi connectivity index (χ3n) is 1.39. The molecule has 0 aromatic carbocycles. The average Bonchev–Trinajstić information content (AvgIpc) is 1.86. The summed E-state index contributed by atoms with van der Waals surface area (Å²) in [5.74, 6) is 0.603. The van der Waals surface area contributed by atoms with Gasteiger partial charge in [0, 0.05) is 13.5 Å². The van der Waals surface area contributed by atoms with Crippen LogP contribution < -0.4 is 5.32 Å². The zero-order chi connectivity index (χ0) is 8.85. The van der Waals surface area contributed by atoms with Crippen molar-refractivity contribution >= 4 is 5.91 Å². The number of carbonyl (C=O) groups is 1. The minimum absolute atomic E-state index is 0. The number of carbonyl (C=O) groups excluding carboxylic acids is 1. The summed E-state index contributed by atoms with van der Waals surface area (Å²) in [5.41, 5.74) is 0.578. The zero-order valence-corrected chi connectivity index (χ0v) is 7.61. The molecule has 0 spiro atoms. The Hall–Kier alpha value is -0.790. The Kier molecular flexibility index (Phi) is 4.59. The third-order valence-corrected chi connectivity index (χ3v) is 1.39. The fourth-order valence-corrected chi connectivity index (χ4v) is 0.625. The minimum Gasteiger partial charge on any atom is -0.352 e. The molecular weight excluding hydrogens is 138 g/mol. The fourth-order valence-electron chi connectivity index (χ4n) is 0.625. The van der Waals surface area contributed by atoms with E-state index in [4.69, 9.17) is 0 Å². The highest BCUT2D eigenvalue weighted by Crippen LogP contribution is 1.96. The lowest BCUT2D eigenvalue weighted by Gasteiger charge is -2.05. The van der Waals surface area contributed by atoms with Crippen LogP contribution in [0.4, 0.5) is 0 Å². The van der Waals surface area contributed by atoms with Crippen LogP contribution >= 0.6 is 0 Å². The summed E-state index contributed by atoms with van der Waals surface area (Å²) in [5, 5.41) is 2.77. The number of rotatable bonds is 4. The van der Waals surface area contributed by atoms with Crippen molar-refractivity contribution in [2.24, 2.45) is 5.92 Å². The third kappa shape index (κ3) is 5.64. The summed E-state index contributed by atoms with van der Waals surface area (Å²) in [6.07, 6.45) is 1.03. The maximum atomic E-state index is 10.9. The molecule has 2 nitrogen and oxygen atoms in total. The molecule has 0 heterocycles. The van der Waals surface area contributed by atoms with Crippen LogP contribution in [-0.4, -0.2) is 12.5 Å². The standard InChI is InChI=1S/C9H17NO.H2/c1-7(2)5-6-10-9(11)8(3)4;/h7H,3,5-6H2,1-2,4H3,(H,10,11);1H. The van der Waals surface area contributed by atoms with E-state index in [2.05, 4.69) is 25.7 Å². The molecule has 0 aromatic rings. The summed E-state index contributed by atoms with van der Waals surface area (Å²) in [6, 6.07) is 0. The van der Waals surface area contributed by atoms with Crippen molar-refractivity contribution in [3.05, 3.63) is 12.2 Å². The van der Waals surface area contributed by atoms with E-state index in [1.54, 1.807) is 6.92 Å². The second-order valence-electron chi connectivity index (χ2n) is 3.22. The van der Waals surface area contributed by atoms with E-state index in [0.29, 0.717) is 11.5 Å². The number of hydrogen-bond donors (Lipinski definition) is 1. The summed E-state index contributed by atoms with van der Waals surface area (Å²) in [6.45, 7) is 10.3. The number of hydrogen-bond acceptors (Lipinski definition) is 1. The summed E-state index contributed by atoms with van der Waals surface area (Å²) < 4.78 is 0. The van der Waals surface area contributed by atoms with Gasteiger partial charge in [-0.1, -0.05) is 20.4 Å². The van der Waals surface area contributed by atoms with Crippen molar-refractivity contribution in [3.63, 3.8) is 0 Å². The van der Waals surface area contributed by atoms with Crippen LogP contribution in [0.25, 0.3) is 0 Å². The highest BCUT2D eigenvalue weighted by atomic mass is 16.1. The van der Waals surface area contributed by atoms with Crippen molar-refractivity contribution < 1.29 is 6.22 Å². The molecule has 1 amide bonds. The summed E-state index contributed by atoms with van der Waals surface area (Å²) in [4.78, 5) is 10.9. The van der Waals surface area contributed by atoms with E-state index in [1.165, 1.54) is 0 Å². The molecule has 0 aliphatic rings. The van der Waals surface area contributed by atoms with Gasteiger partial charge in [0.25, 0.3) is 0 Å². The van der Waals surface area contributed by atoms with Gasteiger partial charge in [0.05, 0.1) is 0 Å². The maximum absolute atomic E-state index is 10.9. The lowest BCUT2D eigenvalue weighted by Crippen LogP contribution is -2.25. The molecule has 0 aliphatic carbocycles. The molecule has 0 fully saturated rings. The summed E-state index contributed by atoms with van der Waals surface area (Å²) in [7, 11) is 0. The second kappa shape index (κ2) is 4.94. The molecule has 0 atom stereocenters. The number of amides is 1. The van der Waals surface area contributed by atoms with E-state index in [9.17, 15) is 4.79 Å². The van der Waals surface area contributed by atoms with Gasteiger partial charge in [0.2, 0.25) is 5.91 Å². The molecule has 0 aliphatic heterocycles. The second-order valence-corrected chi connectivity index (χ2v) is 3.22. The highest BCUT2D eigenvalue weighted by molar-refractivity contribution is 5.91. The molecule has 2 heteroatoms. The van der Waals surface area contributed by atoms with Gasteiger partial charge >= 0.3 is 0 Å². The normalized spacial score (nSPS) is 9.82. The van der Waals surface area contributed by atoms with Gasteiger partial charge in [-0.3, -0.25) is 4.79 Å². The van der Waals surface area contributed by atoms with Crippen LogP contribution in [0.5, 0.6) is 0 Å². The van der Waals surface area contributed by atoms with Crippen LogP contribution in [0.1, 0.15) is 28.6 Å². The van der Waals surface area contributed by atoms with Gasteiger partial charge in [0.1, 0.15) is 0 Å². The van der Waals surface area contributed by atoms with Crippen molar-refractivity contribution in [2.45, 2.75) is 27.2 Å². The molecule has 0 bridgehead atoms. The van der Waals surface area contributed by atoms with Crippen molar-refractivity contribution in [3.8, 4) is 0 Å². The first-order valence-corrected chi connectivity index (χ1v) is 3.97.